The predicted molar refractivity (Wildman–Crippen MR) is 101 cm³/mol. The second-order valence-electron chi connectivity index (χ2n) is 6.37. The number of nitrogens with zero attached hydrogens (tertiary/aromatic N) is 1. The van der Waals surface area contributed by atoms with Gasteiger partial charge in [-0.25, -0.2) is 4.98 Å². The summed E-state index contributed by atoms with van der Waals surface area (Å²) in [5.41, 5.74) is 3.88. The number of hydrogen-bond donors (Lipinski definition) is 2. The molecule has 1 aromatic carbocycles. The third-order valence-corrected chi connectivity index (χ3v) is 4.61. The predicted octanol–water partition coefficient (Wildman–Crippen LogP) is 4.46. The molecule has 1 aliphatic rings. The van der Waals surface area contributed by atoms with Crippen molar-refractivity contribution in [3.63, 3.8) is 0 Å². The average molecular weight is 360 g/mol. The number of anilines is 3. The Morgan fingerprint density at radius 2 is 2.00 bits per heavy atom. The summed E-state index contributed by atoms with van der Waals surface area (Å²) in [5, 5.41) is 6.84. The number of aryl methyl sites for hydroxylation is 2. The second-order valence-corrected chi connectivity index (χ2v) is 6.78. The molecule has 3 rings (SSSR count). The summed E-state index contributed by atoms with van der Waals surface area (Å²) >= 11 is 6.32. The third kappa shape index (κ3) is 4.50. The molecule has 132 valence electrons. The minimum absolute atomic E-state index is 0.00219. The fourth-order valence-electron chi connectivity index (χ4n) is 2.95. The van der Waals surface area contributed by atoms with Crippen molar-refractivity contribution in [1.29, 1.82) is 0 Å². The lowest BCUT2D eigenvalue weighted by molar-refractivity contribution is -0.122. The van der Waals surface area contributed by atoms with E-state index >= 15 is 0 Å². The van der Waals surface area contributed by atoms with Crippen LogP contribution in [0.4, 0.5) is 17.2 Å². The first-order valence-corrected chi connectivity index (χ1v) is 8.79. The summed E-state index contributed by atoms with van der Waals surface area (Å²) in [5.74, 6) is 0.560. The number of rotatable bonds is 4. The molecule has 5 nitrogen and oxygen atoms in total. The zero-order chi connectivity index (χ0) is 17.8. The number of benzene rings is 1. The van der Waals surface area contributed by atoms with Crippen LogP contribution in [0.2, 0.25) is 5.02 Å². The van der Waals surface area contributed by atoms with Gasteiger partial charge in [-0.05, 0) is 56.0 Å². The smallest absolute Gasteiger partial charge is 0.228 e. The fraction of sp³-hybridized carbons (Fsp3) is 0.368. The molecule has 0 radical (unpaired) electrons. The molecule has 0 spiro atoms. The Morgan fingerprint density at radius 1 is 1.24 bits per heavy atom. The maximum Gasteiger partial charge on any atom is 0.228 e. The minimum Gasteiger partial charge on any atom is -0.381 e. The molecule has 0 bridgehead atoms. The lowest BCUT2D eigenvalue weighted by atomic mass is 9.99. The van der Waals surface area contributed by atoms with Crippen LogP contribution in [0.15, 0.2) is 30.5 Å². The van der Waals surface area contributed by atoms with Gasteiger partial charge in [0.15, 0.2) is 0 Å². The van der Waals surface area contributed by atoms with E-state index in [1.165, 1.54) is 0 Å². The van der Waals surface area contributed by atoms with Crippen molar-refractivity contribution in [3.8, 4) is 0 Å². The number of pyridine rings is 1. The number of carbonyl (C=O) groups excluding carboxylic acids is 1. The summed E-state index contributed by atoms with van der Waals surface area (Å²) in [4.78, 5) is 16.5. The lowest BCUT2D eigenvalue weighted by Crippen LogP contribution is -2.28. The normalized spacial score (nSPS) is 15.0. The van der Waals surface area contributed by atoms with Crippen LogP contribution in [0.3, 0.4) is 0 Å². The molecule has 2 N–H and O–H groups in total. The number of amides is 1. The van der Waals surface area contributed by atoms with Crippen LogP contribution in [0.25, 0.3) is 0 Å². The molecule has 1 fully saturated rings. The summed E-state index contributed by atoms with van der Waals surface area (Å²) < 4.78 is 5.28. The number of hydrogen-bond acceptors (Lipinski definition) is 4. The van der Waals surface area contributed by atoms with Gasteiger partial charge < -0.3 is 15.4 Å². The van der Waals surface area contributed by atoms with E-state index in [1.807, 2.05) is 26.0 Å². The molecule has 1 aromatic heterocycles. The topological polar surface area (TPSA) is 63.2 Å². The molecule has 6 heteroatoms. The summed E-state index contributed by atoms with van der Waals surface area (Å²) in [6, 6.07) is 7.66. The van der Waals surface area contributed by atoms with Crippen LogP contribution in [0, 0.1) is 19.8 Å². The molecule has 1 amide bonds. The first-order chi connectivity index (χ1) is 12.0. The van der Waals surface area contributed by atoms with E-state index in [0.717, 1.165) is 35.3 Å². The highest BCUT2D eigenvalue weighted by Crippen LogP contribution is 2.30. The van der Waals surface area contributed by atoms with Gasteiger partial charge in [-0.15, -0.1) is 0 Å². The number of carbonyl (C=O) groups is 1. The standard InChI is InChI=1S/C19H22ClN3O2/c1-12-9-13(2)18(16(20)10-12)22-15-3-4-17(21-11-15)23-19(24)14-5-7-25-8-6-14/h3-4,9-11,14,22H,5-8H2,1-2H3,(H,21,23,24). The Hall–Kier alpha value is -2.11. The fourth-order valence-corrected chi connectivity index (χ4v) is 3.32. The molecule has 25 heavy (non-hydrogen) atoms. The Bertz CT molecular complexity index is 733. The van der Waals surface area contributed by atoms with Crippen molar-refractivity contribution in [1.82, 2.24) is 4.98 Å². The SMILES string of the molecule is Cc1cc(C)c(Nc2ccc(NC(=O)C3CCOCC3)nc2)c(Cl)c1. The number of halogens is 1. The van der Waals surface area contributed by atoms with Crippen molar-refractivity contribution < 1.29 is 9.53 Å². The zero-order valence-electron chi connectivity index (χ0n) is 14.4. The highest BCUT2D eigenvalue weighted by Gasteiger charge is 2.21. The van der Waals surface area contributed by atoms with Gasteiger partial charge in [0.2, 0.25) is 5.91 Å². The Morgan fingerprint density at radius 3 is 2.64 bits per heavy atom. The highest BCUT2D eigenvalue weighted by atomic mass is 35.5. The summed E-state index contributed by atoms with van der Waals surface area (Å²) in [6.45, 7) is 5.31. The van der Waals surface area contributed by atoms with E-state index in [4.69, 9.17) is 16.3 Å². The van der Waals surface area contributed by atoms with Crippen LogP contribution in [-0.2, 0) is 9.53 Å². The molecule has 1 aliphatic heterocycles. The van der Waals surface area contributed by atoms with Gasteiger partial charge in [-0.2, -0.15) is 0 Å². The van der Waals surface area contributed by atoms with Crippen molar-refractivity contribution in [3.05, 3.63) is 46.6 Å². The highest BCUT2D eigenvalue weighted by molar-refractivity contribution is 6.33. The Kier molecular flexibility index (Phi) is 5.56. The molecule has 0 saturated carbocycles. The summed E-state index contributed by atoms with van der Waals surface area (Å²) in [7, 11) is 0. The zero-order valence-corrected chi connectivity index (χ0v) is 15.2. The van der Waals surface area contributed by atoms with Crippen LogP contribution in [0.5, 0.6) is 0 Å². The Balaban J connectivity index is 1.65. The van der Waals surface area contributed by atoms with Gasteiger partial charge in [-0.1, -0.05) is 17.7 Å². The van der Waals surface area contributed by atoms with Gasteiger partial charge in [0.1, 0.15) is 5.82 Å². The molecule has 0 aliphatic carbocycles. The minimum atomic E-state index is 0.00219. The maximum absolute atomic E-state index is 12.2. The number of nitrogens with one attached hydrogen (secondary N) is 2. The molecular formula is C19H22ClN3O2. The molecule has 2 aromatic rings. The Labute approximate surface area is 152 Å². The molecular weight excluding hydrogens is 338 g/mol. The van der Waals surface area contributed by atoms with Crippen LogP contribution in [-0.4, -0.2) is 24.1 Å². The van der Waals surface area contributed by atoms with Crippen LogP contribution < -0.4 is 10.6 Å². The van der Waals surface area contributed by atoms with E-state index in [0.29, 0.717) is 24.1 Å². The lowest BCUT2D eigenvalue weighted by Gasteiger charge is -2.21. The van der Waals surface area contributed by atoms with Crippen molar-refractivity contribution in [2.45, 2.75) is 26.7 Å². The van der Waals surface area contributed by atoms with Crippen LogP contribution in [0.1, 0.15) is 24.0 Å². The van der Waals surface area contributed by atoms with Gasteiger partial charge in [0.25, 0.3) is 0 Å². The van der Waals surface area contributed by atoms with Crippen LogP contribution >= 0.6 is 11.6 Å². The van der Waals surface area contributed by atoms with Crippen molar-refractivity contribution in [2.75, 3.05) is 23.8 Å². The first-order valence-electron chi connectivity index (χ1n) is 8.41. The monoisotopic (exact) mass is 359 g/mol. The molecule has 2 heterocycles. The van der Waals surface area contributed by atoms with E-state index in [-0.39, 0.29) is 11.8 Å². The van der Waals surface area contributed by atoms with E-state index < -0.39 is 0 Å². The summed E-state index contributed by atoms with van der Waals surface area (Å²) in [6.07, 6.45) is 3.21. The number of aromatic nitrogens is 1. The molecule has 0 atom stereocenters. The van der Waals surface area contributed by atoms with Gasteiger partial charge in [0.05, 0.1) is 22.6 Å². The maximum atomic E-state index is 12.2. The molecule has 1 saturated heterocycles. The van der Waals surface area contributed by atoms with Gasteiger partial charge in [-0.3, -0.25) is 4.79 Å². The molecule has 0 unspecified atom stereocenters. The van der Waals surface area contributed by atoms with Crippen molar-refractivity contribution >= 4 is 34.7 Å². The third-order valence-electron chi connectivity index (χ3n) is 4.31. The largest absolute Gasteiger partial charge is 0.381 e. The first kappa shape index (κ1) is 17.7. The quantitative estimate of drug-likeness (QED) is 0.845. The number of ether oxygens (including phenoxy) is 1. The van der Waals surface area contributed by atoms with E-state index in [9.17, 15) is 4.79 Å². The second kappa shape index (κ2) is 7.85. The van der Waals surface area contributed by atoms with E-state index in [2.05, 4.69) is 21.7 Å². The van der Waals surface area contributed by atoms with Crippen molar-refractivity contribution in [2.24, 2.45) is 5.92 Å². The van der Waals surface area contributed by atoms with Gasteiger partial charge >= 0.3 is 0 Å². The average Bonchev–Trinajstić information content (AvgIpc) is 2.60. The van der Waals surface area contributed by atoms with E-state index in [1.54, 1.807) is 12.3 Å². The van der Waals surface area contributed by atoms with Gasteiger partial charge in [0, 0.05) is 19.1 Å².